The minimum atomic E-state index is -0.715. The summed E-state index contributed by atoms with van der Waals surface area (Å²) in [6.07, 6.45) is 2.42. The van der Waals surface area contributed by atoms with E-state index in [1.165, 1.54) is 10.4 Å². The number of benzene rings is 1. The fraction of sp³-hybridized carbons (Fsp3) is 0.400. The molecule has 1 unspecified atom stereocenters. The highest BCUT2D eigenvalue weighted by Crippen LogP contribution is 2.39. The molecule has 0 saturated carbocycles. The van der Waals surface area contributed by atoms with Gasteiger partial charge in [-0.15, -0.1) is 11.3 Å². The van der Waals surface area contributed by atoms with Crippen molar-refractivity contribution in [2.45, 2.75) is 38.7 Å². The maximum atomic E-state index is 10.9. The lowest BCUT2D eigenvalue weighted by atomic mass is 9.93. The van der Waals surface area contributed by atoms with Crippen molar-refractivity contribution in [1.82, 2.24) is 4.98 Å². The molecule has 3 heteroatoms. The molecule has 3 rings (SSSR count). The zero-order valence-electron chi connectivity index (χ0n) is 10.7. The largest absolute Gasteiger partial charge is 0.385 e. The van der Waals surface area contributed by atoms with E-state index in [9.17, 15) is 5.11 Å². The molecule has 0 saturated heterocycles. The molecule has 94 valence electrons. The van der Waals surface area contributed by atoms with Crippen LogP contribution in [0, 0.1) is 13.8 Å². The predicted octanol–water partition coefficient (Wildman–Crippen LogP) is 3.14. The van der Waals surface area contributed by atoms with Gasteiger partial charge in [-0.25, -0.2) is 4.98 Å². The van der Waals surface area contributed by atoms with Gasteiger partial charge < -0.3 is 5.11 Å². The first kappa shape index (κ1) is 11.9. The third-order valence-electron chi connectivity index (χ3n) is 3.84. The normalized spacial score (nSPS) is 22.2. The van der Waals surface area contributed by atoms with Crippen molar-refractivity contribution in [3.63, 3.8) is 0 Å². The van der Waals surface area contributed by atoms with E-state index < -0.39 is 5.60 Å². The number of rotatable bonds is 2. The Kier molecular flexibility index (Phi) is 2.76. The van der Waals surface area contributed by atoms with Gasteiger partial charge in [0.05, 0.1) is 16.3 Å². The molecule has 2 aromatic rings. The Morgan fingerprint density at radius 1 is 1.33 bits per heavy atom. The van der Waals surface area contributed by atoms with Gasteiger partial charge in [0.1, 0.15) is 0 Å². The van der Waals surface area contributed by atoms with E-state index in [0.717, 1.165) is 29.1 Å². The van der Waals surface area contributed by atoms with Gasteiger partial charge in [-0.1, -0.05) is 24.3 Å². The van der Waals surface area contributed by atoms with E-state index in [2.05, 4.69) is 24.0 Å². The molecule has 1 aliphatic carbocycles. The van der Waals surface area contributed by atoms with Crippen molar-refractivity contribution in [2.24, 2.45) is 0 Å². The Bertz CT molecular complexity index is 570. The van der Waals surface area contributed by atoms with Gasteiger partial charge in [0.2, 0.25) is 0 Å². The molecule has 1 atom stereocenters. The van der Waals surface area contributed by atoms with Gasteiger partial charge in [-0.3, -0.25) is 0 Å². The summed E-state index contributed by atoms with van der Waals surface area (Å²) in [5.41, 5.74) is 2.75. The Hall–Kier alpha value is -1.19. The molecule has 0 amide bonds. The number of aryl methyl sites for hydroxylation is 3. The van der Waals surface area contributed by atoms with Crippen LogP contribution in [0.5, 0.6) is 0 Å². The van der Waals surface area contributed by atoms with E-state index in [4.69, 9.17) is 0 Å². The number of hydrogen-bond acceptors (Lipinski definition) is 3. The molecule has 2 nitrogen and oxygen atoms in total. The number of nitrogens with zero attached hydrogens (tertiary/aromatic N) is 1. The van der Waals surface area contributed by atoms with Crippen LogP contribution in [0.3, 0.4) is 0 Å². The molecule has 0 aliphatic heterocycles. The number of thiazole rings is 1. The number of aromatic nitrogens is 1. The molecule has 1 aromatic carbocycles. The summed E-state index contributed by atoms with van der Waals surface area (Å²) in [5.74, 6) is 0. The van der Waals surface area contributed by atoms with Crippen LogP contribution in [0.25, 0.3) is 0 Å². The first-order valence-electron chi connectivity index (χ1n) is 6.32. The minimum Gasteiger partial charge on any atom is -0.385 e. The number of fused-ring (bicyclic) bond motifs is 1. The van der Waals surface area contributed by atoms with Crippen molar-refractivity contribution in [1.29, 1.82) is 0 Å². The molecule has 1 aromatic heterocycles. The van der Waals surface area contributed by atoms with E-state index in [-0.39, 0.29) is 0 Å². The summed E-state index contributed by atoms with van der Waals surface area (Å²) in [4.78, 5) is 5.80. The van der Waals surface area contributed by atoms with E-state index in [0.29, 0.717) is 6.42 Å². The van der Waals surface area contributed by atoms with E-state index >= 15 is 0 Å². The molecule has 0 bridgehead atoms. The Labute approximate surface area is 111 Å². The quantitative estimate of drug-likeness (QED) is 0.899. The monoisotopic (exact) mass is 259 g/mol. The fourth-order valence-corrected chi connectivity index (χ4v) is 3.76. The third-order valence-corrected chi connectivity index (χ3v) is 4.92. The maximum Gasteiger partial charge on any atom is 0.0965 e. The van der Waals surface area contributed by atoms with Crippen molar-refractivity contribution >= 4 is 11.3 Å². The Morgan fingerprint density at radius 3 is 2.83 bits per heavy atom. The molecular formula is C15H17NOS. The highest BCUT2D eigenvalue weighted by molar-refractivity contribution is 7.11. The van der Waals surface area contributed by atoms with Crippen LogP contribution in [0.1, 0.15) is 33.1 Å². The molecular weight excluding hydrogens is 242 g/mol. The minimum absolute atomic E-state index is 0.642. The molecule has 0 radical (unpaired) electrons. The molecule has 1 aliphatic rings. The lowest BCUT2D eigenvalue weighted by molar-refractivity contribution is 0.0389. The summed E-state index contributed by atoms with van der Waals surface area (Å²) in [7, 11) is 0. The highest BCUT2D eigenvalue weighted by atomic mass is 32.1. The molecule has 1 heterocycles. The van der Waals surface area contributed by atoms with Crippen molar-refractivity contribution in [3.8, 4) is 0 Å². The van der Waals surface area contributed by atoms with E-state index in [1.54, 1.807) is 11.3 Å². The molecule has 0 spiro atoms. The smallest absolute Gasteiger partial charge is 0.0965 e. The predicted molar refractivity (Wildman–Crippen MR) is 74.0 cm³/mol. The second kappa shape index (κ2) is 4.18. The third kappa shape index (κ3) is 1.88. The standard InChI is InChI=1S/C15H17NOS/c1-10-11(2)18-14(16-10)9-15(17)8-7-12-5-3-4-6-13(12)15/h3-6,17H,7-9H2,1-2H3. The van der Waals surface area contributed by atoms with Crippen LogP contribution in [0.2, 0.25) is 0 Å². The van der Waals surface area contributed by atoms with Crippen LogP contribution in [-0.4, -0.2) is 10.1 Å². The molecule has 1 N–H and O–H groups in total. The lowest BCUT2D eigenvalue weighted by Crippen LogP contribution is -2.25. The first-order chi connectivity index (χ1) is 8.58. The second-order valence-electron chi connectivity index (χ2n) is 5.11. The number of hydrogen-bond donors (Lipinski definition) is 1. The summed E-state index contributed by atoms with van der Waals surface area (Å²) in [6.45, 7) is 4.12. The van der Waals surface area contributed by atoms with Gasteiger partial charge in [0, 0.05) is 11.3 Å². The first-order valence-corrected chi connectivity index (χ1v) is 7.14. The van der Waals surface area contributed by atoms with Gasteiger partial charge in [-0.2, -0.15) is 0 Å². The van der Waals surface area contributed by atoms with E-state index in [1.807, 2.05) is 19.1 Å². The van der Waals surface area contributed by atoms with Gasteiger partial charge >= 0.3 is 0 Å². The van der Waals surface area contributed by atoms with Gasteiger partial charge in [0.15, 0.2) is 0 Å². The van der Waals surface area contributed by atoms with Crippen LogP contribution in [0.15, 0.2) is 24.3 Å². The topological polar surface area (TPSA) is 33.1 Å². The van der Waals surface area contributed by atoms with Crippen LogP contribution in [-0.2, 0) is 18.4 Å². The van der Waals surface area contributed by atoms with Crippen LogP contribution < -0.4 is 0 Å². The zero-order chi connectivity index (χ0) is 12.8. The van der Waals surface area contributed by atoms with Crippen molar-refractivity contribution < 1.29 is 5.11 Å². The maximum absolute atomic E-state index is 10.9. The Morgan fingerprint density at radius 2 is 2.11 bits per heavy atom. The summed E-state index contributed by atoms with van der Waals surface area (Å²) in [5, 5.41) is 11.9. The summed E-state index contributed by atoms with van der Waals surface area (Å²) in [6, 6.07) is 8.22. The SMILES string of the molecule is Cc1nc(CC2(O)CCc3ccccc32)sc1C. The van der Waals surface area contributed by atoms with Gasteiger partial charge in [-0.05, 0) is 37.8 Å². The summed E-state index contributed by atoms with van der Waals surface area (Å²) < 4.78 is 0. The van der Waals surface area contributed by atoms with Crippen molar-refractivity contribution in [2.75, 3.05) is 0 Å². The van der Waals surface area contributed by atoms with Crippen molar-refractivity contribution in [3.05, 3.63) is 51.0 Å². The zero-order valence-corrected chi connectivity index (χ0v) is 11.5. The lowest BCUT2D eigenvalue weighted by Gasteiger charge is -2.22. The van der Waals surface area contributed by atoms with Gasteiger partial charge in [0.25, 0.3) is 0 Å². The van der Waals surface area contributed by atoms with Crippen LogP contribution >= 0.6 is 11.3 Å². The summed E-state index contributed by atoms with van der Waals surface area (Å²) >= 11 is 1.70. The average molecular weight is 259 g/mol. The molecule has 18 heavy (non-hydrogen) atoms. The fourth-order valence-electron chi connectivity index (χ4n) is 2.72. The average Bonchev–Trinajstić information content (AvgIpc) is 2.82. The number of aliphatic hydroxyl groups is 1. The Balaban J connectivity index is 1.93. The molecule has 0 fully saturated rings. The highest BCUT2D eigenvalue weighted by Gasteiger charge is 2.37. The second-order valence-corrected chi connectivity index (χ2v) is 6.40. The van der Waals surface area contributed by atoms with Crippen LogP contribution in [0.4, 0.5) is 0 Å².